The molecule has 0 spiro atoms. The van der Waals surface area contributed by atoms with E-state index in [1.165, 1.54) is 0 Å². The van der Waals surface area contributed by atoms with Crippen molar-refractivity contribution in [2.75, 3.05) is 28.6 Å². The largest absolute Gasteiger partial charge is 0.399 e. The van der Waals surface area contributed by atoms with E-state index in [1.54, 1.807) is 16.8 Å². The van der Waals surface area contributed by atoms with Gasteiger partial charge in [0, 0.05) is 48.8 Å². The van der Waals surface area contributed by atoms with Crippen LogP contribution in [0.2, 0.25) is 0 Å². The molecule has 0 aliphatic carbocycles. The summed E-state index contributed by atoms with van der Waals surface area (Å²) in [5, 5.41) is 0. The zero-order chi connectivity index (χ0) is 22.8. The summed E-state index contributed by atoms with van der Waals surface area (Å²) in [5.74, 6) is 1.89. The van der Waals surface area contributed by atoms with Crippen LogP contribution >= 0.6 is 0 Å². The number of nitrogen functional groups attached to an aromatic ring is 1. The fourth-order valence-corrected chi connectivity index (χ4v) is 4.13. The Labute approximate surface area is 192 Å². The first-order valence-corrected chi connectivity index (χ1v) is 11.0. The Kier molecular flexibility index (Phi) is 5.48. The van der Waals surface area contributed by atoms with Crippen LogP contribution in [0.1, 0.15) is 13.3 Å². The smallest absolute Gasteiger partial charge is 0.255 e. The van der Waals surface area contributed by atoms with Gasteiger partial charge in [0.2, 0.25) is 11.9 Å². The second-order valence-electron chi connectivity index (χ2n) is 7.86. The van der Waals surface area contributed by atoms with Crippen molar-refractivity contribution in [1.82, 2.24) is 19.5 Å². The molecular weight excluding hydrogens is 414 g/mol. The van der Waals surface area contributed by atoms with Crippen molar-refractivity contribution in [3.63, 3.8) is 0 Å². The van der Waals surface area contributed by atoms with Gasteiger partial charge in [0.05, 0.1) is 5.69 Å². The van der Waals surface area contributed by atoms with Crippen molar-refractivity contribution >= 4 is 29.1 Å². The molecule has 0 saturated carbocycles. The van der Waals surface area contributed by atoms with Crippen molar-refractivity contribution in [2.45, 2.75) is 19.9 Å². The summed E-state index contributed by atoms with van der Waals surface area (Å²) in [5.41, 5.74) is 8.93. The average Bonchev–Trinajstić information content (AvgIpc) is 2.85. The van der Waals surface area contributed by atoms with Gasteiger partial charge in [-0.3, -0.25) is 14.3 Å². The maximum absolute atomic E-state index is 13.0. The van der Waals surface area contributed by atoms with E-state index in [4.69, 9.17) is 15.7 Å². The van der Waals surface area contributed by atoms with Gasteiger partial charge in [-0.05, 0) is 43.7 Å². The number of anilines is 5. The van der Waals surface area contributed by atoms with Gasteiger partial charge in [0.15, 0.2) is 0 Å². The third kappa shape index (κ3) is 4.03. The predicted octanol–water partition coefficient (Wildman–Crippen LogP) is 3.98. The standard InChI is InChI=1S/C25H25N7O/c1-2-30(20-10-4-3-5-11-20)24-27-13-12-22(29-24)31-14-7-15-32-23(33)17-21(28-25(31)32)18-8-6-9-19(26)16-18/h3-6,8-13,16-17H,2,7,14-15,26H2,1H3. The molecule has 0 saturated heterocycles. The van der Waals surface area contributed by atoms with Crippen LogP contribution in [-0.2, 0) is 6.54 Å². The number of aromatic nitrogens is 4. The lowest BCUT2D eigenvalue weighted by molar-refractivity contribution is 0.561. The van der Waals surface area contributed by atoms with E-state index in [0.29, 0.717) is 42.2 Å². The van der Waals surface area contributed by atoms with Gasteiger partial charge in [-0.25, -0.2) is 9.97 Å². The average molecular weight is 440 g/mol. The summed E-state index contributed by atoms with van der Waals surface area (Å²) in [7, 11) is 0. The maximum Gasteiger partial charge on any atom is 0.255 e. The summed E-state index contributed by atoms with van der Waals surface area (Å²) >= 11 is 0. The Balaban J connectivity index is 1.57. The topological polar surface area (TPSA) is 93.2 Å². The Hall–Kier alpha value is -4.20. The molecule has 0 radical (unpaired) electrons. The number of benzene rings is 2. The van der Waals surface area contributed by atoms with Gasteiger partial charge in [0.1, 0.15) is 5.82 Å². The molecule has 2 N–H and O–H groups in total. The fourth-order valence-electron chi connectivity index (χ4n) is 4.13. The molecule has 166 valence electrons. The minimum atomic E-state index is -0.0872. The highest BCUT2D eigenvalue weighted by atomic mass is 16.1. The van der Waals surface area contributed by atoms with E-state index in [1.807, 2.05) is 65.6 Å². The van der Waals surface area contributed by atoms with Crippen molar-refractivity contribution in [1.29, 1.82) is 0 Å². The number of rotatable bonds is 5. The second-order valence-corrected chi connectivity index (χ2v) is 7.86. The number of hydrogen-bond acceptors (Lipinski definition) is 7. The minimum Gasteiger partial charge on any atom is -0.399 e. The highest BCUT2D eigenvalue weighted by Crippen LogP contribution is 2.30. The van der Waals surface area contributed by atoms with Crippen LogP contribution in [0.3, 0.4) is 0 Å². The minimum absolute atomic E-state index is 0.0872. The SMILES string of the molecule is CCN(c1ccccc1)c1nccc(N2CCCn3c2nc(-c2cccc(N)c2)cc3=O)n1. The zero-order valence-corrected chi connectivity index (χ0v) is 18.4. The van der Waals surface area contributed by atoms with Crippen LogP contribution in [0.4, 0.5) is 29.1 Å². The van der Waals surface area contributed by atoms with E-state index in [-0.39, 0.29) is 5.56 Å². The molecule has 0 atom stereocenters. The van der Waals surface area contributed by atoms with Crippen LogP contribution in [0.5, 0.6) is 0 Å². The first kappa shape index (κ1) is 20.7. The fraction of sp³-hybridized carbons (Fsp3) is 0.200. The van der Waals surface area contributed by atoms with Crippen molar-refractivity contribution in [3.05, 3.63) is 83.3 Å². The van der Waals surface area contributed by atoms with E-state index < -0.39 is 0 Å². The van der Waals surface area contributed by atoms with E-state index in [9.17, 15) is 4.79 Å². The summed E-state index contributed by atoms with van der Waals surface area (Å²) in [6.45, 7) is 4.12. The monoisotopic (exact) mass is 439 g/mol. The summed E-state index contributed by atoms with van der Waals surface area (Å²) < 4.78 is 1.70. The quantitative estimate of drug-likeness (QED) is 0.470. The lowest BCUT2D eigenvalue weighted by Gasteiger charge is -2.31. The highest BCUT2D eigenvalue weighted by molar-refractivity contribution is 5.67. The first-order valence-electron chi connectivity index (χ1n) is 11.0. The molecule has 2 aromatic carbocycles. The van der Waals surface area contributed by atoms with E-state index >= 15 is 0 Å². The predicted molar refractivity (Wildman–Crippen MR) is 131 cm³/mol. The third-order valence-corrected chi connectivity index (χ3v) is 5.71. The van der Waals surface area contributed by atoms with Gasteiger partial charge in [-0.15, -0.1) is 0 Å². The summed E-state index contributed by atoms with van der Waals surface area (Å²) in [6.07, 6.45) is 2.57. The zero-order valence-electron chi connectivity index (χ0n) is 18.4. The lowest BCUT2D eigenvalue weighted by Crippen LogP contribution is -2.36. The van der Waals surface area contributed by atoms with Gasteiger partial charge in [-0.1, -0.05) is 30.3 Å². The molecule has 1 aliphatic rings. The molecule has 0 unspecified atom stereocenters. The molecule has 3 heterocycles. The number of fused-ring (bicyclic) bond motifs is 1. The Morgan fingerprint density at radius 3 is 2.64 bits per heavy atom. The number of hydrogen-bond donors (Lipinski definition) is 1. The molecule has 5 rings (SSSR count). The molecule has 4 aromatic rings. The van der Waals surface area contributed by atoms with Gasteiger partial charge in [0.25, 0.3) is 5.56 Å². The molecule has 33 heavy (non-hydrogen) atoms. The maximum atomic E-state index is 13.0. The van der Waals surface area contributed by atoms with E-state index in [0.717, 1.165) is 24.2 Å². The Morgan fingerprint density at radius 1 is 1.00 bits per heavy atom. The molecule has 8 heteroatoms. The summed E-state index contributed by atoms with van der Waals surface area (Å²) in [6, 6.07) is 20.9. The molecular formula is C25H25N7O. The van der Waals surface area contributed by atoms with Crippen molar-refractivity contribution in [3.8, 4) is 11.3 Å². The van der Waals surface area contributed by atoms with Crippen molar-refractivity contribution < 1.29 is 0 Å². The van der Waals surface area contributed by atoms with Crippen LogP contribution in [0.15, 0.2) is 77.7 Å². The lowest BCUT2D eigenvalue weighted by atomic mass is 10.1. The highest BCUT2D eigenvalue weighted by Gasteiger charge is 2.24. The Morgan fingerprint density at radius 2 is 1.85 bits per heavy atom. The van der Waals surface area contributed by atoms with Gasteiger partial charge >= 0.3 is 0 Å². The Bertz CT molecular complexity index is 1340. The molecule has 8 nitrogen and oxygen atoms in total. The molecule has 1 aliphatic heterocycles. The number of para-hydroxylation sites is 1. The van der Waals surface area contributed by atoms with Gasteiger partial charge in [-0.2, -0.15) is 4.98 Å². The molecule has 0 amide bonds. The number of nitrogens with zero attached hydrogens (tertiary/aromatic N) is 6. The first-order chi connectivity index (χ1) is 16.1. The molecule has 0 bridgehead atoms. The van der Waals surface area contributed by atoms with Gasteiger partial charge < -0.3 is 10.6 Å². The number of nitrogens with two attached hydrogens (primary N) is 1. The summed E-state index contributed by atoms with van der Waals surface area (Å²) in [4.78, 5) is 31.2. The second kappa shape index (κ2) is 8.74. The van der Waals surface area contributed by atoms with Crippen LogP contribution < -0.4 is 21.1 Å². The third-order valence-electron chi connectivity index (χ3n) is 5.71. The molecule has 2 aromatic heterocycles. The molecule has 0 fully saturated rings. The van der Waals surface area contributed by atoms with Crippen LogP contribution in [-0.4, -0.2) is 32.6 Å². The van der Waals surface area contributed by atoms with Crippen LogP contribution in [0, 0.1) is 0 Å². The van der Waals surface area contributed by atoms with Crippen molar-refractivity contribution in [2.24, 2.45) is 0 Å². The normalized spacial score (nSPS) is 12.9. The van der Waals surface area contributed by atoms with E-state index in [2.05, 4.69) is 16.8 Å². The van der Waals surface area contributed by atoms with Crippen LogP contribution in [0.25, 0.3) is 11.3 Å².